The fourth-order valence-corrected chi connectivity index (χ4v) is 2.14. The van der Waals surface area contributed by atoms with Crippen molar-refractivity contribution in [2.75, 3.05) is 18.6 Å². The highest BCUT2D eigenvalue weighted by molar-refractivity contribution is 7.98. The predicted octanol–water partition coefficient (Wildman–Crippen LogP) is -2.36. The minimum Gasteiger partial charge on any atom is -0.480 e. The molecule has 0 heterocycles. The number of carboxylic acids is 1. The van der Waals surface area contributed by atoms with Crippen LogP contribution in [0.4, 0.5) is 0 Å². The second kappa shape index (κ2) is 11.7. The number of carboxylic acid groups (broad SMARTS) is 1. The van der Waals surface area contributed by atoms with Crippen molar-refractivity contribution >= 4 is 35.5 Å². The van der Waals surface area contributed by atoms with Gasteiger partial charge in [0.15, 0.2) is 0 Å². The number of hydrogen-bond acceptors (Lipinski definition) is 7. The fraction of sp³-hybridized carbons (Fsp3) is 0.714. The van der Waals surface area contributed by atoms with Gasteiger partial charge in [-0.15, -0.1) is 0 Å². The summed E-state index contributed by atoms with van der Waals surface area (Å²) in [4.78, 5) is 46.7. The van der Waals surface area contributed by atoms with Gasteiger partial charge < -0.3 is 31.9 Å². The maximum absolute atomic E-state index is 12.3. The third-order valence-corrected chi connectivity index (χ3v) is 3.85. The van der Waals surface area contributed by atoms with E-state index in [2.05, 4.69) is 16.0 Å². The SMILES string of the molecule is CSCCC(NC(=O)C(C)N)C(=O)NC(C)C(=O)NC(CO)C(=O)O. The number of nitrogens with two attached hydrogens (primary N) is 1. The van der Waals surface area contributed by atoms with Crippen LogP contribution >= 0.6 is 11.8 Å². The highest BCUT2D eigenvalue weighted by Gasteiger charge is 2.27. The molecule has 0 bridgehead atoms. The number of aliphatic hydroxyl groups is 1. The van der Waals surface area contributed by atoms with Crippen molar-refractivity contribution in [2.45, 2.75) is 44.4 Å². The van der Waals surface area contributed by atoms with Crippen LogP contribution in [0.15, 0.2) is 0 Å². The van der Waals surface area contributed by atoms with Gasteiger partial charge in [-0.05, 0) is 32.3 Å². The zero-order chi connectivity index (χ0) is 19.6. The number of hydrogen-bond donors (Lipinski definition) is 6. The van der Waals surface area contributed by atoms with E-state index in [-0.39, 0.29) is 0 Å². The summed E-state index contributed by atoms with van der Waals surface area (Å²) in [6.45, 7) is 2.07. The zero-order valence-corrected chi connectivity index (χ0v) is 15.3. The van der Waals surface area contributed by atoms with E-state index in [1.807, 2.05) is 6.26 Å². The van der Waals surface area contributed by atoms with Crippen molar-refractivity contribution in [1.29, 1.82) is 0 Å². The van der Waals surface area contributed by atoms with E-state index in [0.29, 0.717) is 12.2 Å². The Morgan fingerprint density at radius 2 is 1.56 bits per heavy atom. The van der Waals surface area contributed by atoms with Crippen LogP contribution in [-0.4, -0.2) is 76.7 Å². The molecule has 0 aromatic rings. The summed E-state index contributed by atoms with van der Waals surface area (Å²) in [5, 5.41) is 24.7. The largest absolute Gasteiger partial charge is 0.480 e. The van der Waals surface area contributed by atoms with E-state index in [9.17, 15) is 19.2 Å². The molecule has 144 valence electrons. The lowest BCUT2D eigenvalue weighted by Gasteiger charge is -2.22. The fourth-order valence-electron chi connectivity index (χ4n) is 1.67. The standard InChI is InChI=1S/C14H26N4O6S/c1-7(15)11(20)17-9(4-5-25-3)13(22)16-8(2)12(21)18-10(6-19)14(23)24/h7-10,19H,4-6,15H2,1-3H3,(H,16,22)(H,17,20)(H,18,21)(H,23,24). The van der Waals surface area contributed by atoms with Gasteiger partial charge in [-0.25, -0.2) is 4.79 Å². The normalized spacial score (nSPS) is 15.4. The van der Waals surface area contributed by atoms with Crippen molar-refractivity contribution in [1.82, 2.24) is 16.0 Å². The molecular formula is C14H26N4O6S. The number of aliphatic hydroxyl groups excluding tert-OH is 1. The zero-order valence-electron chi connectivity index (χ0n) is 14.4. The number of aliphatic carboxylic acids is 1. The van der Waals surface area contributed by atoms with E-state index in [1.165, 1.54) is 25.6 Å². The summed E-state index contributed by atoms with van der Waals surface area (Å²) in [5.74, 6) is -2.64. The summed E-state index contributed by atoms with van der Waals surface area (Å²) in [6.07, 6.45) is 2.19. The molecule has 0 fully saturated rings. The number of amides is 3. The highest BCUT2D eigenvalue weighted by Crippen LogP contribution is 2.02. The van der Waals surface area contributed by atoms with Gasteiger partial charge in [0.05, 0.1) is 12.6 Å². The molecule has 0 saturated heterocycles. The lowest BCUT2D eigenvalue weighted by Crippen LogP contribution is -2.56. The molecule has 0 aliphatic carbocycles. The van der Waals surface area contributed by atoms with Crippen molar-refractivity contribution in [3.8, 4) is 0 Å². The molecule has 3 amide bonds. The Morgan fingerprint density at radius 3 is 2.00 bits per heavy atom. The van der Waals surface area contributed by atoms with Gasteiger partial charge in [-0.2, -0.15) is 11.8 Å². The lowest BCUT2D eigenvalue weighted by molar-refractivity contribution is -0.143. The van der Waals surface area contributed by atoms with E-state index in [0.717, 1.165) is 0 Å². The average Bonchev–Trinajstić information content (AvgIpc) is 2.54. The molecule has 10 nitrogen and oxygen atoms in total. The minimum atomic E-state index is -1.46. The smallest absolute Gasteiger partial charge is 0.328 e. The van der Waals surface area contributed by atoms with Gasteiger partial charge >= 0.3 is 5.97 Å². The second-order valence-corrected chi connectivity index (χ2v) is 6.43. The molecule has 0 saturated carbocycles. The third-order valence-electron chi connectivity index (χ3n) is 3.21. The van der Waals surface area contributed by atoms with E-state index in [1.54, 1.807) is 0 Å². The Balaban J connectivity index is 4.81. The molecule has 4 unspecified atom stereocenters. The second-order valence-electron chi connectivity index (χ2n) is 5.44. The van der Waals surface area contributed by atoms with Crippen molar-refractivity contribution in [2.24, 2.45) is 5.73 Å². The molecule has 25 heavy (non-hydrogen) atoms. The first-order chi connectivity index (χ1) is 11.6. The first-order valence-corrected chi connectivity index (χ1v) is 9.02. The molecule has 0 radical (unpaired) electrons. The van der Waals surface area contributed by atoms with Gasteiger partial charge in [0.2, 0.25) is 17.7 Å². The van der Waals surface area contributed by atoms with E-state index < -0.39 is 54.5 Å². The Morgan fingerprint density at radius 1 is 1.00 bits per heavy atom. The number of nitrogens with one attached hydrogen (secondary N) is 3. The maximum Gasteiger partial charge on any atom is 0.328 e. The summed E-state index contributed by atoms with van der Waals surface area (Å²) in [7, 11) is 0. The Bertz CT molecular complexity index is 488. The van der Waals surface area contributed by atoms with Crippen molar-refractivity contribution < 1.29 is 29.4 Å². The van der Waals surface area contributed by atoms with E-state index >= 15 is 0 Å². The maximum atomic E-state index is 12.3. The van der Waals surface area contributed by atoms with Crippen molar-refractivity contribution in [3.05, 3.63) is 0 Å². The van der Waals surface area contributed by atoms with Crippen molar-refractivity contribution in [3.63, 3.8) is 0 Å². The van der Waals surface area contributed by atoms with Gasteiger partial charge in [0.25, 0.3) is 0 Å². The average molecular weight is 378 g/mol. The third kappa shape index (κ3) is 8.70. The molecule has 0 spiro atoms. The summed E-state index contributed by atoms with van der Waals surface area (Å²) in [5.41, 5.74) is 5.47. The van der Waals surface area contributed by atoms with Crippen LogP contribution < -0.4 is 21.7 Å². The molecule has 11 heteroatoms. The minimum absolute atomic E-state index is 0.341. The topological polar surface area (TPSA) is 171 Å². The highest BCUT2D eigenvalue weighted by atomic mass is 32.2. The lowest BCUT2D eigenvalue weighted by atomic mass is 10.1. The molecule has 0 aliphatic rings. The molecule has 0 rings (SSSR count). The van der Waals surface area contributed by atoms with Crippen LogP contribution in [0.3, 0.4) is 0 Å². The van der Waals surface area contributed by atoms with E-state index in [4.69, 9.17) is 15.9 Å². The number of rotatable bonds is 11. The number of carbonyl (C=O) groups is 4. The Hall–Kier alpha value is -1.85. The van der Waals surface area contributed by atoms with Crippen LogP contribution in [0.5, 0.6) is 0 Å². The molecular weight excluding hydrogens is 352 g/mol. The first-order valence-electron chi connectivity index (χ1n) is 7.63. The number of carbonyl (C=O) groups excluding carboxylic acids is 3. The predicted molar refractivity (Wildman–Crippen MR) is 92.8 cm³/mol. The van der Waals surface area contributed by atoms with Gasteiger partial charge in [0.1, 0.15) is 18.1 Å². The van der Waals surface area contributed by atoms with Crippen LogP contribution in [0.1, 0.15) is 20.3 Å². The molecule has 0 aromatic carbocycles. The Labute approximate surface area is 150 Å². The first kappa shape index (κ1) is 23.1. The van der Waals surface area contributed by atoms with Gasteiger partial charge in [-0.1, -0.05) is 0 Å². The molecule has 4 atom stereocenters. The van der Waals surface area contributed by atoms with Gasteiger partial charge in [-0.3, -0.25) is 14.4 Å². The monoisotopic (exact) mass is 378 g/mol. The molecule has 0 aromatic heterocycles. The van der Waals surface area contributed by atoms with Crippen LogP contribution in [0.25, 0.3) is 0 Å². The summed E-state index contributed by atoms with van der Waals surface area (Å²) >= 11 is 1.49. The van der Waals surface area contributed by atoms with Crippen LogP contribution in [0.2, 0.25) is 0 Å². The Kier molecular flexibility index (Phi) is 10.8. The van der Waals surface area contributed by atoms with Crippen LogP contribution in [0, 0.1) is 0 Å². The van der Waals surface area contributed by atoms with Gasteiger partial charge in [0, 0.05) is 0 Å². The number of thioether (sulfide) groups is 1. The molecule has 7 N–H and O–H groups in total. The summed E-state index contributed by atoms with van der Waals surface area (Å²) < 4.78 is 0. The summed E-state index contributed by atoms with van der Waals surface area (Å²) in [6, 6.07) is -4.16. The molecule has 0 aliphatic heterocycles. The quantitative estimate of drug-likeness (QED) is 0.232. The van der Waals surface area contributed by atoms with Crippen LogP contribution in [-0.2, 0) is 19.2 Å².